The van der Waals surface area contributed by atoms with Crippen LogP contribution in [-0.2, 0) is 11.3 Å². The Morgan fingerprint density at radius 2 is 1.78 bits per heavy atom. The number of aliphatic hydroxyl groups excluding tert-OH is 1. The number of nitrogens with zero attached hydrogens (tertiary/aromatic N) is 3. The lowest BCUT2D eigenvalue weighted by molar-refractivity contribution is -0.0354. The fraction of sp³-hybridized carbons (Fsp3) is 0.667. The van der Waals surface area contributed by atoms with Gasteiger partial charge in [-0.1, -0.05) is 30.3 Å². The molecule has 2 aliphatic rings. The van der Waals surface area contributed by atoms with E-state index < -0.39 is 5.60 Å². The lowest BCUT2D eigenvalue weighted by Crippen LogP contribution is -2.59. The Hall–Kier alpha value is -1.63. The van der Waals surface area contributed by atoms with Crippen molar-refractivity contribution in [2.75, 3.05) is 39.3 Å². The van der Waals surface area contributed by atoms with Crippen LogP contribution in [0, 0.1) is 0 Å². The van der Waals surface area contributed by atoms with Gasteiger partial charge in [-0.25, -0.2) is 4.79 Å². The highest BCUT2D eigenvalue weighted by atomic mass is 16.6. The lowest BCUT2D eigenvalue weighted by atomic mass is 9.98. The second-order valence-corrected chi connectivity index (χ2v) is 8.65. The summed E-state index contributed by atoms with van der Waals surface area (Å²) < 4.78 is 5.46. The van der Waals surface area contributed by atoms with Crippen molar-refractivity contribution >= 4 is 6.09 Å². The van der Waals surface area contributed by atoms with Gasteiger partial charge < -0.3 is 14.7 Å². The Morgan fingerprint density at radius 3 is 2.37 bits per heavy atom. The summed E-state index contributed by atoms with van der Waals surface area (Å²) in [4.78, 5) is 18.6. The average Bonchev–Trinajstić information content (AvgIpc) is 2.61. The van der Waals surface area contributed by atoms with E-state index in [0.29, 0.717) is 19.6 Å². The number of benzene rings is 1. The molecule has 1 N–H and O–H groups in total. The molecule has 2 aliphatic heterocycles. The first-order valence-electron chi connectivity index (χ1n) is 9.98. The van der Waals surface area contributed by atoms with Crippen molar-refractivity contribution in [3.8, 4) is 0 Å². The molecule has 0 bridgehead atoms. The summed E-state index contributed by atoms with van der Waals surface area (Å²) in [6.45, 7) is 11.1. The first-order valence-corrected chi connectivity index (χ1v) is 9.98. The SMILES string of the molecule is CC(C)(C)OC(=O)N1CCN(C2CCN(Cc3ccccc3)CC2O)CC1. The monoisotopic (exact) mass is 375 g/mol. The van der Waals surface area contributed by atoms with Gasteiger partial charge in [0.15, 0.2) is 0 Å². The molecule has 2 atom stereocenters. The van der Waals surface area contributed by atoms with Gasteiger partial charge in [0.1, 0.15) is 5.60 Å². The zero-order chi connectivity index (χ0) is 19.4. The summed E-state index contributed by atoms with van der Waals surface area (Å²) in [5.74, 6) is 0. The van der Waals surface area contributed by atoms with Crippen molar-refractivity contribution in [2.45, 2.75) is 51.5 Å². The number of β-amino-alcohol motifs (C(OH)–C–C–N with tert-alkyl or cyclic N) is 1. The molecule has 0 spiro atoms. The largest absolute Gasteiger partial charge is 0.444 e. The molecule has 6 heteroatoms. The molecule has 1 aromatic carbocycles. The molecule has 150 valence electrons. The number of aliphatic hydroxyl groups is 1. The summed E-state index contributed by atoms with van der Waals surface area (Å²) in [6, 6.07) is 10.6. The Bertz CT molecular complexity index is 609. The van der Waals surface area contributed by atoms with Crippen LogP contribution < -0.4 is 0 Å². The maximum absolute atomic E-state index is 12.2. The van der Waals surface area contributed by atoms with Crippen LogP contribution in [0.4, 0.5) is 4.79 Å². The molecule has 0 radical (unpaired) electrons. The van der Waals surface area contributed by atoms with E-state index in [1.807, 2.05) is 26.8 Å². The number of likely N-dealkylation sites (tertiary alicyclic amines) is 1. The van der Waals surface area contributed by atoms with Gasteiger partial charge in [-0.05, 0) is 32.8 Å². The minimum Gasteiger partial charge on any atom is -0.444 e. The van der Waals surface area contributed by atoms with Crippen molar-refractivity contribution < 1.29 is 14.6 Å². The highest BCUT2D eigenvalue weighted by Gasteiger charge is 2.35. The van der Waals surface area contributed by atoms with Crippen LogP contribution in [0.1, 0.15) is 32.8 Å². The minimum absolute atomic E-state index is 0.179. The molecule has 0 aliphatic carbocycles. The molecule has 3 rings (SSSR count). The summed E-state index contributed by atoms with van der Waals surface area (Å²) >= 11 is 0. The first kappa shape index (κ1) is 20.1. The number of carbonyl (C=O) groups excluding carboxylic acids is 1. The normalized spacial score (nSPS) is 25.4. The van der Waals surface area contributed by atoms with Gasteiger partial charge in [0, 0.05) is 51.9 Å². The first-order chi connectivity index (χ1) is 12.8. The molecular weight excluding hydrogens is 342 g/mol. The van der Waals surface area contributed by atoms with Crippen molar-refractivity contribution in [1.29, 1.82) is 0 Å². The minimum atomic E-state index is -0.462. The van der Waals surface area contributed by atoms with Gasteiger partial charge in [0.2, 0.25) is 0 Å². The number of piperazine rings is 1. The maximum atomic E-state index is 12.2. The van der Waals surface area contributed by atoms with E-state index in [1.165, 1.54) is 5.56 Å². The second-order valence-electron chi connectivity index (χ2n) is 8.65. The second kappa shape index (κ2) is 8.59. The van der Waals surface area contributed by atoms with Gasteiger partial charge in [0.25, 0.3) is 0 Å². The lowest BCUT2D eigenvalue weighted by Gasteiger charge is -2.45. The summed E-state index contributed by atoms with van der Waals surface area (Å²) in [5, 5.41) is 10.7. The zero-order valence-corrected chi connectivity index (χ0v) is 16.8. The molecule has 0 aromatic heterocycles. The molecule has 27 heavy (non-hydrogen) atoms. The molecule has 2 heterocycles. The summed E-state index contributed by atoms with van der Waals surface area (Å²) in [7, 11) is 0. The van der Waals surface area contributed by atoms with Crippen molar-refractivity contribution in [1.82, 2.24) is 14.7 Å². The van der Waals surface area contributed by atoms with E-state index >= 15 is 0 Å². The number of amides is 1. The van der Waals surface area contributed by atoms with Crippen LogP contribution in [0.15, 0.2) is 30.3 Å². The van der Waals surface area contributed by atoms with Gasteiger partial charge in [-0.15, -0.1) is 0 Å². The van der Waals surface area contributed by atoms with Crippen molar-refractivity contribution in [3.63, 3.8) is 0 Å². The maximum Gasteiger partial charge on any atom is 0.410 e. The fourth-order valence-electron chi connectivity index (χ4n) is 3.96. The third kappa shape index (κ3) is 5.67. The topological polar surface area (TPSA) is 56.2 Å². The predicted octanol–water partition coefficient (Wildman–Crippen LogP) is 2.17. The van der Waals surface area contributed by atoms with Crippen LogP contribution >= 0.6 is 0 Å². The quantitative estimate of drug-likeness (QED) is 0.878. The van der Waals surface area contributed by atoms with E-state index in [0.717, 1.165) is 32.6 Å². The number of hydrogen-bond acceptors (Lipinski definition) is 5. The smallest absolute Gasteiger partial charge is 0.410 e. The number of rotatable bonds is 3. The molecular formula is C21H33N3O3. The van der Waals surface area contributed by atoms with E-state index in [4.69, 9.17) is 4.74 Å². The molecule has 2 fully saturated rings. The fourth-order valence-corrected chi connectivity index (χ4v) is 3.96. The number of carbonyl (C=O) groups is 1. The average molecular weight is 376 g/mol. The molecule has 1 amide bonds. The van der Waals surface area contributed by atoms with E-state index in [-0.39, 0.29) is 18.2 Å². The van der Waals surface area contributed by atoms with Crippen molar-refractivity contribution in [2.24, 2.45) is 0 Å². The highest BCUT2D eigenvalue weighted by molar-refractivity contribution is 5.68. The Morgan fingerprint density at radius 1 is 1.11 bits per heavy atom. The Kier molecular flexibility index (Phi) is 6.40. The Labute approximate surface area is 162 Å². The van der Waals surface area contributed by atoms with Gasteiger partial charge in [0.05, 0.1) is 6.10 Å². The van der Waals surface area contributed by atoms with Gasteiger partial charge in [-0.2, -0.15) is 0 Å². The molecule has 2 unspecified atom stereocenters. The third-order valence-electron chi connectivity index (χ3n) is 5.31. The van der Waals surface area contributed by atoms with E-state index in [9.17, 15) is 9.90 Å². The summed E-state index contributed by atoms with van der Waals surface area (Å²) in [6.07, 6.45) is 0.372. The summed E-state index contributed by atoms with van der Waals surface area (Å²) in [5.41, 5.74) is 0.824. The van der Waals surface area contributed by atoms with Crippen LogP contribution in [0.2, 0.25) is 0 Å². The van der Waals surface area contributed by atoms with E-state index in [1.54, 1.807) is 4.90 Å². The van der Waals surface area contributed by atoms with Crippen LogP contribution in [0.25, 0.3) is 0 Å². The van der Waals surface area contributed by atoms with Gasteiger partial charge in [-0.3, -0.25) is 9.80 Å². The molecule has 1 aromatic rings. The highest BCUT2D eigenvalue weighted by Crippen LogP contribution is 2.21. The van der Waals surface area contributed by atoms with Crippen LogP contribution in [0.3, 0.4) is 0 Å². The van der Waals surface area contributed by atoms with Gasteiger partial charge >= 0.3 is 6.09 Å². The number of hydrogen-bond donors (Lipinski definition) is 1. The third-order valence-corrected chi connectivity index (χ3v) is 5.31. The number of piperidine rings is 1. The molecule has 6 nitrogen and oxygen atoms in total. The van der Waals surface area contributed by atoms with Crippen LogP contribution in [0.5, 0.6) is 0 Å². The Balaban J connectivity index is 1.46. The van der Waals surface area contributed by atoms with Crippen LogP contribution in [-0.4, -0.2) is 82.9 Å². The number of ether oxygens (including phenoxy) is 1. The van der Waals surface area contributed by atoms with Crippen molar-refractivity contribution in [3.05, 3.63) is 35.9 Å². The predicted molar refractivity (Wildman–Crippen MR) is 106 cm³/mol. The van der Waals surface area contributed by atoms with E-state index in [2.05, 4.69) is 34.1 Å². The zero-order valence-electron chi connectivity index (χ0n) is 16.8. The molecule has 0 saturated carbocycles. The standard InChI is InChI=1S/C21H33N3O3/c1-21(2,3)27-20(26)24-13-11-23(12-14-24)18-9-10-22(16-19(18)25)15-17-7-5-4-6-8-17/h4-8,18-19,25H,9-16H2,1-3H3. The molecule has 2 saturated heterocycles.